The van der Waals surface area contributed by atoms with Gasteiger partial charge in [0.15, 0.2) is 0 Å². The summed E-state index contributed by atoms with van der Waals surface area (Å²) in [6, 6.07) is 0. The Hall–Kier alpha value is -1.05. The molecule has 1 aliphatic carbocycles. The minimum Gasteiger partial charge on any atom is -0.462 e. The van der Waals surface area contributed by atoms with Crippen molar-refractivity contribution in [1.82, 2.24) is 0 Å². The number of fused-ring (bicyclic) bond motifs is 1. The average Bonchev–Trinajstić information content (AvgIpc) is 2.66. The van der Waals surface area contributed by atoms with Crippen LogP contribution in [0.4, 0.5) is 0 Å². The van der Waals surface area contributed by atoms with Crippen molar-refractivity contribution in [3.63, 3.8) is 0 Å². The van der Waals surface area contributed by atoms with E-state index in [1.54, 1.807) is 0 Å². The first-order valence-electron chi connectivity index (χ1n) is 6.28. The Morgan fingerprint density at radius 3 is 3.06 bits per heavy atom. The molecular formula is C14H20O2. The van der Waals surface area contributed by atoms with Crippen LogP contribution in [-0.4, -0.2) is 12.1 Å². The van der Waals surface area contributed by atoms with Crippen LogP contribution in [0.2, 0.25) is 0 Å². The summed E-state index contributed by atoms with van der Waals surface area (Å²) in [5.41, 5.74) is 0. The van der Waals surface area contributed by atoms with Gasteiger partial charge in [-0.3, -0.25) is 4.79 Å². The van der Waals surface area contributed by atoms with E-state index in [1.165, 1.54) is 0 Å². The lowest BCUT2D eigenvalue weighted by Gasteiger charge is -2.22. The minimum absolute atomic E-state index is 0.0185. The fraction of sp³-hybridized carbons (Fsp3) is 0.643. The summed E-state index contributed by atoms with van der Waals surface area (Å²) in [6.45, 7) is 3.88. The zero-order valence-corrected chi connectivity index (χ0v) is 9.73. The van der Waals surface area contributed by atoms with Gasteiger partial charge in [0.1, 0.15) is 6.10 Å². The van der Waals surface area contributed by atoms with E-state index in [4.69, 9.17) is 4.74 Å². The molecule has 0 saturated heterocycles. The standard InChI is InChI=1S/C14H20O2/c1-2-11-9-10-13-12(11)7-5-3-4-6-8-14(15)16-13/h2-3,5,11-13H,1,4,6-10H2/b5-3-/t11-,12+,13-/m0/s1. The second-order valence-electron chi connectivity index (χ2n) is 4.77. The van der Waals surface area contributed by atoms with E-state index in [1.807, 2.05) is 6.08 Å². The van der Waals surface area contributed by atoms with Crippen molar-refractivity contribution < 1.29 is 9.53 Å². The van der Waals surface area contributed by atoms with Crippen LogP contribution in [0.1, 0.15) is 38.5 Å². The summed E-state index contributed by atoms with van der Waals surface area (Å²) in [6.07, 6.45) is 12.2. The summed E-state index contributed by atoms with van der Waals surface area (Å²) in [4.78, 5) is 11.6. The van der Waals surface area contributed by atoms with Crippen LogP contribution in [-0.2, 0) is 9.53 Å². The summed E-state index contributed by atoms with van der Waals surface area (Å²) in [5, 5.41) is 0. The predicted molar refractivity (Wildman–Crippen MR) is 63.9 cm³/mol. The fourth-order valence-corrected chi connectivity index (χ4v) is 2.79. The first kappa shape index (κ1) is 11.4. The first-order chi connectivity index (χ1) is 7.81. The van der Waals surface area contributed by atoms with E-state index < -0.39 is 0 Å². The van der Waals surface area contributed by atoms with Gasteiger partial charge in [-0.1, -0.05) is 18.2 Å². The normalized spacial score (nSPS) is 37.2. The molecular weight excluding hydrogens is 200 g/mol. The van der Waals surface area contributed by atoms with Crippen LogP contribution in [0.15, 0.2) is 24.8 Å². The highest BCUT2D eigenvalue weighted by atomic mass is 16.5. The van der Waals surface area contributed by atoms with Crippen molar-refractivity contribution in [2.75, 3.05) is 0 Å². The van der Waals surface area contributed by atoms with Crippen molar-refractivity contribution >= 4 is 5.97 Å². The maximum atomic E-state index is 11.6. The molecule has 0 aromatic rings. The Kier molecular flexibility index (Phi) is 3.81. The molecule has 2 heteroatoms. The predicted octanol–water partition coefficient (Wildman–Crippen LogP) is 3.24. The molecule has 1 aliphatic heterocycles. The molecule has 0 aromatic carbocycles. The van der Waals surface area contributed by atoms with Gasteiger partial charge in [0.25, 0.3) is 0 Å². The maximum absolute atomic E-state index is 11.6. The molecule has 3 atom stereocenters. The van der Waals surface area contributed by atoms with Crippen molar-refractivity contribution in [2.45, 2.75) is 44.6 Å². The van der Waals surface area contributed by atoms with E-state index in [-0.39, 0.29) is 12.1 Å². The number of carbonyl (C=O) groups is 1. The van der Waals surface area contributed by atoms with Crippen LogP contribution in [0, 0.1) is 11.8 Å². The van der Waals surface area contributed by atoms with Gasteiger partial charge in [-0.15, -0.1) is 6.58 Å². The molecule has 88 valence electrons. The summed E-state index contributed by atoms with van der Waals surface area (Å²) in [5.74, 6) is 0.952. The number of rotatable bonds is 1. The monoisotopic (exact) mass is 220 g/mol. The lowest BCUT2D eigenvalue weighted by atomic mass is 9.91. The molecule has 0 bridgehead atoms. The first-order valence-corrected chi connectivity index (χ1v) is 6.28. The highest BCUT2D eigenvalue weighted by Gasteiger charge is 2.36. The Labute approximate surface area is 97.4 Å². The summed E-state index contributed by atoms with van der Waals surface area (Å²) >= 11 is 0. The third kappa shape index (κ3) is 2.55. The quantitative estimate of drug-likeness (QED) is 0.501. The van der Waals surface area contributed by atoms with Crippen molar-refractivity contribution in [3.05, 3.63) is 24.8 Å². The average molecular weight is 220 g/mol. The summed E-state index contributed by atoms with van der Waals surface area (Å²) in [7, 11) is 0. The zero-order valence-electron chi connectivity index (χ0n) is 9.73. The van der Waals surface area contributed by atoms with Gasteiger partial charge in [0.05, 0.1) is 0 Å². The van der Waals surface area contributed by atoms with Crippen molar-refractivity contribution in [2.24, 2.45) is 11.8 Å². The van der Waals surface area contributed by atoms with E-state index in [0.29, 0.717) is 18.3 Å². The molecule has 2 aliphatic rings. The number of allylic oxidation sites excluding steroid dienone is 3. The fourth-order valence-electron chi connectivity index (χ4n) is 2.79. The molecule has 0 spiro atoms. The molecule has 1 heterocycles. The molecule has 0 amide bonds. The lowest BCUT2D eigenvalue weighted by molar-refractivity contribution is -0.151. The second kappa shape index (κ2) is 5.33. The van der Waals surface area contributed by atoms with Gasteiger partial charge in [-0.05, 0) is 38.0 Å². The molecule has 0 unspecified atom stereocenters. The molecule has 1 fully saturated rings. The van der Waals surface area contributed by atoms with Gasteiger partial charge in [-0.25, -0.2) is 0 Å². The Morgan fingerprint density at radius 2 is 2.25 bits per heavy atom. The van der Waals surface area contributed by atoms with Crippen LogP contribution in [0.25, 0.3) is 0 Å². The molecule has 0 aromatic heterocycles. The molecule has 0 N–H and O–H groups in total. The van der Waals surface area contributed by atoms with E-state index in [9.17, 15) is 4.79 Å². The number of carbonyl (C=O) groups excluding carboxylic acids is 1. The van der Waals surface area contributed by atoms with Crippen molar-refractivity contribution in [3.8, 4) is 0 Å². The van der Waals surface area contributed by atoms with Gasteiger partial charge < -0.3 is 4.74 Å². The Morgan fingerprint density at radius 1 is 1.38 bits per heavy atom. The SMILES string of the molecule is C=C[C@H]1CC[C@@H]2OC(=O)CCC/C=C\C[C@@H]21. The van der Waals surface area contributed by atoms with Crippen molar-refractivity contribution in [1.29, 1.82) is 0 Å². The number of hydrogen-bond acceptors (Lipinski definition) is 2. The van der Waals surface area contributed by atoms with E-state index in [2.05, 4.69) is 18.7 Å². The number of ether oxygens (including phenoxy) is 1. The van der Waals surface area contributed by atoms with Crippen LogP contribution < -0.4 is 0 Å². The minimum atomic E-state index is -0.0185. The zero-order chi connectivity index (χ0) is 11.4. The molecule has 16 heavy (non-hydrogen) atoms. The molecule has 2 rings (SSSR count). The van der Waals surface area contributed by atoms with Gasteiger partial charge in [0.2, 0.25) is 0 Å². The highest BCUT2D eigenvalue weighted by molar-refractivity contribution is 5.69. The van der Waals surface area contributed by atoms with Crippen LogP contribution in [0.5, 0.6) is 0 Å². The third-order valence-corrected chi connectivity index (χ3v) is 3.72. The topological polar surface area (TPSA) is 26.3 Å². The smallest absolute Gasteiger partial charge is 0.306 e. The van der Waals surface area contributed by atoms with Crippen LogP contribution in [0.3, 0.4) is 0 Å². The van der Waals surface area contributed by atoms with E-state index >= 15 is 0 Å². The molecule has 2 nitrogen and oxygen atoms in total. The second-order valence-corrected chi connectivity index (χ2v) is 4.77. The molecule has 1 saturated carbocycles. The number of hydrogen-bond donors (Lipinski definition) is 0. The van der Waals surface area contributed by atoms with E-state index in [0.717, 1.165) is 32.1 Å². The van der Waals surface area contributed by atoms with Gasteiger partial charge >= 0.3 is 5.97 Å². The highest BCUT2D eigenvalue weighted by Crippen LogP contribution is 2.38. The maximum Gasteiger partial charge on any atom is 0.306 e. The number of esters is 1. The third-order valence-electron chi connectivity index (χ3n) is 3.72. The Bertz CT molecular complexity index is 293. The largest absolute Gasteiger partial charge is 0.462 e. The Balaban J connectivity index is 2.09. The summed E-state index contributed by atoms with van der Waals surface area (Å²) < 4.78 is 5.56. The lowest BCUT2D eigenvalue weighted by Crippen LogP contribution is -2.24. The van der Waals surface area contributed by atoms with Gasteiger partial charge in [-0.2, -0.15) is 0 Å². The van der Waals surface area contributed by atoms with Crippen LogP contribution >= 0.6 is 0 Å². The van der Waals surface area contributed by atoms with Gasteiger partial charge in [0, 0.05) is 12.3 Å². The molecule has 0 radical (unpaired) electrons.